The Morgan fingerprint density at radius 3 is 2.39 bits per heavy atom. The summed E-state index contributed by atoms with van der Waals surface area (Å²) in [6.45, 7) is 5.65. The molecule has 2 aliphatic rings. The van der Waals surface area contributed by atoms with Gasteiger partial charge in [0.25, 0.3) is 5.91 Å². The van der Waals surface area contributed by atoms with E-state index in [4.69, 9.17) is 19.4 Å². The first-order valence-corrected chi connectivity index (χ1v) is 12.4. The van der Waals surface area contributed by atoms with Crippen LogP contribution in [0.25, 0.3) is 0 Å². The van der Waals surface area contributed by atoms with Crippen LogP contribution in [0, 0.1) is 0 Å². The molecule has 1 fully saturated rings. The first-order chi connectivity index (χ1) is 14.0. The maximum absolute atomic E-state index is 14.7. The minimum Gasteiger partial charge on any atom is -0.386 e. The maximum atomic E-state index is 14.7. The molecule has 0 aromatic carbocycles. The number of halogens is 1. The normalized spacial score (nSPS) is 33.0. The molecule has 2 unspecified atom stereocenters. The lowest BCUT2D eigenvalue weighted by atomic mass is 9.97. The van der Waals surface area contributed by atoms with Crippen molar-refractivity contribution >= 4 is 29.4 Å². The number of hydrogen-bond acceptors (Lipinski definition) is 10. The van der Waals surface area contributed by atoms with Crippen LogP contribution in [0.3, 0.4) is 0 Å². The Morgan fingerprint density at radius 2 is 1.87 bits per heavy atom. The molecule has 0 aromatic rings. The van der Waals surface area contributed by atoms with Crippen LogP contribution in [-0.2, 0) is 36.4 Å². The van der Waals surface area contributed by atoms with E-state index in [9.17, 15) is 32.9 Å². The van der Waals surface area contributed by atoms with E-state index in [0.717, 1.165) is 23.3 Å². The molecule has 176 valence electrons. The molecule has 2 rings (SSSR count). The van der Waals surface area contributed by atoms with Crippen LogP contribution in [0.1, 0.15) is 0 Å². The molecule has 31 heavy (non-hydrogen) atoms. The molecule has 6 atom stereocenters. The van der Waals surface area contributed by atoms with Gasteiger partial charge in [0.15, 0.2) is 12.4 Å². The second-order valence-corrected chi connectivity index (χ2v) is 10.5. The third-order valence-electron chi connectivity index (χ3n) is 3.87. The number of phosphoric ester groups is 1. The summed E-state index contributed by atoms with van der Waals surface area (Å²) < 4.78 is 65.5. The fourth-order valence-electron chi connectivity index (χ4n) is 2.55. The molecule has 0 aliphatic carbocycles. The highest BCUT2D eigenvalue weighted by atomic mass is 31.3. The molecule has 2 heterocycles. The van der Waals surface area contributed by atoms with Gasteiger partial charge < -0.3 is 39.6 Å². The van der Waals surface area contributed by atoms with Crippen molar-refractivity contribution in [1.29, 1.82) is 0 Å². The summed E-state index contributed by atoms with van der Waals surface area (Å²) in [5.41, 5.74) is -2.20. The smallest absolute Gasteiger partial charge is 0.386 e. The molecule has 0 saturated carbocycles. The van der Waals surface area contributed by atoms with Crippen LogP contribution in [-0.4, -0.2) is 66.2 Å². The number of nitrogens with one attached hydrogen (secondary N) is 1. The summed E-state index contributed by atoms with van der Waals surface area (Å²) in [6.07, 6.45) is -2.92. The van der Waals surface area contributed by atoms with Gasteiger partial charge in [-0.25, -0.2) is 18.1 Å². The van der Waals surface area contributed by atoms with E-state index >= 15 is 0 Å². The highest BCUT2D eigenvalue weighted by Crippen LogP contribution is 2.66. The summed E-state index contributed by atoms with van der Waals surface area (Å²) in [5, 5.41) is 12.5. The number of carbonyl (C=O) groups excluding carboxylic acids is 1. The van der Waals surface area contributed by atoms with E-state index in [-0.39, 0.29) is 5.82 Å². The van der Waals surface area contributed by atoms with E-state index < -0.39 is 60.1 Å². The number of carbonyl (C=O) groups is 1. The van der Waals surface area contributed by atoms with Gasteiger partial charge in [-0.15, -0.1) is 6.58 Å². The van der Waals surface area contributed by atoms with Gasteiger partial charge in [-0.05, 0) is 0 Å². The molecule has 0 bridgehead atoms. The number of aliphatic hydroxyl groups is 1. The number of nitrogens with zero attached hydrogens (tertiary/aromatic N) is 1. The Kier molecular flexibility index (Phi) is 7.50. The fraction of sp³-hybridized carbons (Fsp3) is 0.417. The summed E-state index contributed by atoms with van der Waals surface area (Å²) in [4.78, 5) is 48.0. The molecule has 15 nitrogen and oxygen atoms in total. The molecular formula is C12H18FN2O13P3. The Hall–Kier alpha value is -1.25. The lowest BCUT2D eigenvalue weighted by molar-refractivity contribution is -0.120. The lowest BCUT2D eigenvalue weighted by Crippen LogP contribution is -2.45. The molecule has 0 aromatic heterocycles. The van der Waals surface area contributed by atoms with Crippen molar-refractivity contribution in [3.63, 3.8) is 0 Å². The van der Waals surface area contributed by atoms with Crippen LogP contribution in [0.4, 0.5) is 4.39 Å². The van der Waals surface area contributed by atoms with E-state index in [1.165, 1.54) is 0 Å². The Balaban J connectivity index is 2.16. The van der Waals surface area contributed by atoms with Crippen LogP contribution >= 0.6 is 23.5 Å². The molecule has 2 aliphatic heterocycles. The maximum Gasteiger partial charge on any atom is 0.490 e. The number of rotatable bonds is 9. The van der Waals surface area contributed by atoms with Crippen molar-refractivity contribution < 1.29 is 65.4 Å². The second kappa shape index (κ2) is 8.94. The third kappa shape index (κ3) is 6.39. The zero-order valence-electron chi connectivity index (χ0n) is 15.3. The quantitative estimate of drug-likeness (QED) is 0.174. The molecular weight excluding hydrogens is 492 g/mol. The van der Waals surface area contributed by atoms with Crippen molar-refractivity contribution in [3.8, 4) is 0 Å². The second-order valence-electron chi connectivity index (χ2n) is 6.08. The molecule has 1 amide bonds. The highest BCUT2D eigenvalue weighted by Gasteiger charge is 2.57. The molecule has 19 heteroatoms. The van der Waals surface area contributed by atoms with Crippen molar-refractivity contribution in [2.24, 2.45) is 0 Å². The molecule has 6 N–H and O–H groups in total. The van der Waals surface area contributed by atoms with Crippen LogP contribution in [0.5, 0.6) is 0 Å². The van der Waals surface area contributed by atoms with E-state index in [0.29, 0.717) is 0 Å². The van der Waals surface area contributed by atoms with Gasteiger partial charge in [0, 0.05) is 12.3 Å². The summed E-state index contributed by atoms with van der Waals surface area (Å²) in [7, 11) is -16.9. The van der Waals surface area contributed by atoms with Crippen molar-refractivity contribution in [2.45, 2.75) is 24.1 Å². The highest BCUT2D eigenvalue weighted by molar-refractivity contribution is 7.66. The van der Waals surface area contributed by atoms with Crippen LogP contribution < -0.4 is 5.32 Å². The van der Waals surface area contributed by atoms with Gasteiger partial charge in [0.05, 0.1) is 6.61 Å². The Bertz CT molecular complexity index is 937. The zero-order chi connectivity index (χ0) is 23.8. The van der Waals surface area contributed by atoms with E-state index in [1.54, 1.807) is 0 Å². The third-order valence-corrected chi connectivity index (χ3v) is 7.65. The Morgan fingerprint density at radius 1 is 1.26 bits per heavy atom. The predicted octanol–water partition coefficient (Wildman–Crippen LogP) is -0.274. The number of phosphoric acid groups is 3. The first-order valence-electron chi connectivity index (χ1n) is 7.89. The largest absolute Gasteiger partial charge is 0.490 e. The van der Waals surface area contributed by atoms with Gasteiger partial charge >= 0.3 is 23.5 Å². The number of amides is 1. The number of hydrogen-bond donors (Lipinski definition) is 6. The monoisotopic (exact) mass is 510 g/mol. The van der Waals surface area contributed by atoms with Gasteiger partial charge in [0.2, 0.25) is 0 Å². The zero-order valence-corrected chi connectivity index (χ0v) is 17.9. The van der Waals surface area contributed by atoms with Crippen molar-refractivity contribution in [1.82, 2.24) is 10.2 Å². The van der Waals surface area contributed by atoms with Gasteiger partial charge in [-0.3, -0.25) is 9.32 Å². The SMILES string of the molecule is C=C[C@]1(COP(=O)(O)OP(=O)(O)OP(=O)(O)O)O[C@@H](N2C=CC(=O)NC2=C)[C@@H](F)[C@@H]1O. The van der Waals surface area contributed by atoms with Crippen LogP contribution in [0.2, 0.25) is 0 Å². The minimum atomic E-state index is -5.78. The number of alkyl halides is 1. The van der Waals surface area contributed by atoms with Crippen molar-refractivity contribution in [3.05, 3.63) is 37.3 Å². The van der Waals surface area contributed by atoms with Gasteiger partial charge in [-0.2, -0.15) is 8.62 Å². The molecule has 1 saturated heterocycles. The topological polar surface area (TPSA) is 222 Å². The first kappa shape index (κ1) is 26.0. The molecule has 0 spiro atoms. The standard InChI is InChI=1S/C12H18FN2O13P3/c1-3-12(6-25-30(21,22)28-31(23,24)27-29(18,19)20)10(17)9(13)11(26-12)15-5-4-8(16)14-7(15)2/h3-5,9-11,17H,1-2,6H2,(H,14,16)(H,21,22)(H,23,24)(H2,18,19,20)/t9-,10-,11+,12+/m0/s1. The number of aliphatic hydroxyl groups excluding tert-OH is 1. The van der Waals surface area contributed by atoms with Gasteiger partial charge in [-0.1, -0.05) is 12.7 Å². The van der Waals surface area contributed by atoms with E-state index in [2.05, 4.69) is 31.6 Å². The minimum absolute atomic E-state index is 0.111. The summed E-state index contributed by atoms with van der Waals surface area (Å²) >= 11 is 0. The lowest BCUT2D eigenvalue weighted by Gasteiger charge is -2.33. The average molecular weight is 510 g/mol. The van der Waals surface area contributed by atoms with Crippen molar-refractivity contribution in [2.75, 3.05) is 6.61 Å². The average Bonchev–Trinajstić information content (AvgIpc) is 2.82. The van der Waals surface area contributed by atoms with Gasteiger partial charge in [0.1, 0.15) is 17.5 Å². The van der Waals surface area contributed by atoms with E-state index in [1.807, 2.05) is 0 Å². The summed E-state index contributed by atoms with van der Waals surface area (Å²) in [6, 6.07) is 0. The Labute approximate surface area is 173 Å². The fourth-order valence-corrected chi connectivity index (χ4v) is 5.61. The predicted molar refractivity (Wildman–Crippen MR) is 96.8 cm³/mol. The summed E-state index contributed by atoms with van der Waals surface area (Å²) in [5.74, 6) is -0.669. The van der Waals surface area contributed by atoms with Crippen LogP contribution in [0.15, 0.2) is 37.3 Å². The number of ether oxygens (including phenoxy) is 1. The molecule has 0 radical (unpaired) electrons.